The minimum Gasteiger partial charge on any atom is -0.492 e. The first-order valence-corrected chi connectivity index (χ1v) is 11.0. The van der Waals surface area contributed by atoms with Gasteiger partial charge in [0.15, 0.2) is 0 Å². The fourth-order valence-corrected chi connectivity index (χ4v) is 3.58. The molecule has 1 fully saturated rings. The zero-order chi connectivity index (χ0) is 22.0. The fraction of sp³-hybridized carbons (Fsp3) is 0.320. The van der Waals surface area contributed by atoms with Gasteiger partial charge in [-0.1, -0.05) is 18.2 Å². The third-order valence-electron chi connectivity index (χ3n) is 5.46. The highest BCUT2D eigenvalue weighted by atomic mass is 16.6. The van der Waals surface area contributed by atoms with Crippen molar-refractivity contribution in [1.29, 1.82) is 0 Å². The van der Waals surface area contributed by atoms with Crippen LogP contribution in [0.25, 0.3) is 0 Å². The Morgan fingerprint density at radius 3 is 2.44 bits per heavy atom. The number of benzene rings is 1. The Morgan fingerprint density at radius 1 is 0.875 bits per heavy atom. The summed E-state index contributed by atoms with van der Waals surface area (Å²) in [6.07, 6.45) is 6.64. The largest absolute Gasteiger partial charge is 0.492 e. The number of pyridine rings is 2. The lowest BCUT2D eigenvalue weighted by Crippen LogP contribution is -2.49. The van der Waals surface area contributed by atoms with Gasteiger partial charge in [-0.3, -0.25) is 14.9 Å². The molecule has 0 radical (unpaired) electrons. The van der Waals surface area contributed by atoms with Crippen molar-refractivity contribution < 1.29 is 14.3 Å². The number of amides is 1. The Kier molecular flexibility index (Phi) is 7.65. The van der Waals surface area contributed by atoms with Crippen LogP contribution in [0, 0.1) is 0 Å². The second-order valence-electron chi connectivity index (χ2n) is 7.70. The number of ether oxygens (including phenoxy) is 2. The van der Waals surface area contributed by atoms with Crippen molar-refractivity contribution >= 4 is 6.09 Å². The number of aromatic nitrogens is 2. The average Bonchev–Trinajstić information content (AvgIpc) is 2.85. The molecule has 0 atom stereocenters. The van der Waals surface area contributed by atoms with E-state index in [1.54, 1.807) is 17.3 Å². The summed E-state index contributed by atoms with van der Waals surface area (Å²) in [7, 11) is 0. The van der Waals surface area contributed by atoms with Crippen LogP contribution in [-0.4, -0.2) is 65.2 Å². The molecular weight excluding hydrogens is 404 g/mol. The molecule has 1 aliphatic heterocycles. The first kappa shape index (κ1) is 21.8. The van der Waals surface area contributed by atoms with Gasteiger partial charge in [0, 0.05) is 63.7 Å². The zero-order valence-corrected chi connectivity index (χ0v) is 18.1. The Morgan fingerprint density at radius 2 is 1.72 bits per heavy atom. The van der Waals surface area contributed by atoms with E-state index in [1.807, 2.05) is 60.8 Å². The summed E-state index contributed by atoms with van der Waals surface area (Å²) < 4.78 is 11.2. The molecule has 0 unspecified atom stereocenters. The molecule has 7 nitrogen and oxygen atoms in total. The standard InChI is InChI=1S/C25H28N4O3/c30-25(29-17-15-28(16-18-29)14-10-22-4-1-2-13-27-22)32-23-8-6-21(7-9-23)11-19-31-24-5-3-12-26-20-24/h1-9,12-13,20H,10-11,14-19H2. The molecule has 32 heavy (non-hydrogen) atoms. The molecule has 0 spiro atoms. The lowest BCUT2D eigenvalue weighted by Gasteiger charge is -2.33. The third kappa shape index (κ3) is 6.52. The van der Waals surface area contributed by atoms with Crippen LogP contribution >= 0.6 is 0 Å². The lowest BCUT2D eigenvalue weighted by molar-refractivity contribution is 0.111. The highest BCUT2D eigenvalue weighted by molar-refractivity contribution is 5.70. The summed E-state index contributed by atoms with van der Waals surface area (Å²) in [5.74, 6) is 1.32. The minimum absolute atomic E-state index is 0.290. The molecule has 0 N–H and O–H groups in total. The van der Waals surface area contributed by atoms with Crippen LogP contribution in [-0.2, 0) is 12.8 Å². The summed E-state index contributed by atoms with van der Waals surface area (Å²) >= 11 is 0. The van der Waals surface area contributed by atoms with Crippen LogP contribution < -0.4 is 9.47 Å². The van der Waals surface area contributed by atoms with Gasteiger partial charge in [-0.2, -0.15) is 0 Å². The van der Waals surface area contributed by atoms with Gasteiger partial charge in [0.05, 0.1) is 12.8 Å². The molecule has 1 saturated heterocycles. The van der Waals surface area contributed by atoms with Gasteiger partial charge < -0.3 is 14.4 Å². The maximum absolute atomic E-state index is 12.5. The van der Waals surface area contributed by atoms with Gasteiger partial charge in [0.1, 0.15) is 11.5 Å². The predicted octanol–water partition coefficient (Wildman–Crippen LogP) is 3.46. The highest BCUT2D eigenvalue weighted by Crippen LogP contribution is 2.15. The van der Waals surface area contributed by atoms with Gasteiger partial charge in [-0.25, -0.2) is 4.79 Å². The topological polar surface area (TPSA) is 67.8 Å². The second-order valence-corrected chi connectivity index (χ2v) is 7.70. The van der Waals surface area contributed by atoms with E-state index < -0.39 is 0 Å². The molecular formula is C25H28N4O3. The Balaban J connectivity index is 1.16. The van der Waals surface area contributed by atoms with Gasteiger partial charge in [-0.15, -0.1) is 0 Å². The van der Waals surface area contributed by atoms with Gasteiger partial charge in [0.25, 0.3) is 0 Å². The lowest BCUT2D eigenvalue weighted by atomic mass is 10.1. The fourth-order valence-electron chi connectivity index (χ4n) is 3.58. The number of nitrogens with zero attached hydrogens (tertiary/aromatic N) is 4. The van der Waals surface area contributed by atoms with Crippen molar-refractivity contribution in [2.24, 2.45) is 0 Å². The molecule has 3 heterocycles. The van der Waals surface area contributed by atoms with Gasteiger partial charge in [0.2, 0.25) is 0 Å². The van der Waals surface area contributed by atoms with Crippen LogP contribution in [0.5, 0.6) is 11.5 Å². The quantitative estimate of drug-likeness (QED) is 0.543. The van der Waals surface area contributed by atoms with Crippen molar-refractivity contribution in [3.63, 3.8) is 0 Å². The molecule has 4 rings (SSSR count). The van der Waals surface area contributed by atoms with E-state index >= 15 is 0 Å². The van der Waals surface area contributed by atoms with E-state index in [0.29, 0.717) is 25.4 Å². The SMILES string of the molecule is O=C(Oc1ccc(CCOc2cccnc2)cc1)N1CCN(CCc2ccccn2)CC1. The van der Waals surface area contributed by atoms with Crippen molar-refractivity contribution in [3.05, 3.63) is 84.4 Å². The first-order valence-electron chi connectivity index (χ1n) is 11.0. The normalized spacial score (nSPS) is 14.2. The van der Waals surface area contributed by atoms with E-state index in [2.05, 4.69) is 14.9 Å². The second kappa shape index (κ2) is 11.2. The van der Waals surface area contributed by atoms with Crippen LogP contribution in [0.2, 0.25) is 0 Å². The average molecular weight is 433 g/mol. The molecule has 2 aromatic heterocycles. The Bertz CT molecular complexity index is 959. The van der Waals surface area contributed by atoms with Crippen LogP contribution in [0.15, 0.2) is 73.2 Å². The number of hydrogen-bond acceptors (Lipinski definition) is 6. The van der Waals surface area contributed by atoms with Crippen molar-refractivity contribution in [2.45, 2.75) is 12.8 Å². The van der Waals surface area contributed by atoms with E-state index in [4.69, 9.17) is 9.47 Å². The first-order chi connectivity index (χ1) is 15.8. The van der Waals surface area contributed by atoms with Crippen LogP contribution in [0.4, 0.5) is 4.79 Å². The molecule has 1 aromatic carbocycles. The molecule has 1 aliphatic rings. The number of carbonyl (C=O) groups excluding carboxylic acids is 1. The zero-order valence-electron chi connectivity index (χ0n) is 18.1. The van der Waals surface area contributed by atoms with E-state index in [9.17, 15) is 4.79 Å². The molecule has 0 bridgehead atoms. The van der Waals surface area contributed by atoms with E-state index in [-0.39, 0.29) is 6.09 Å². The monoisotopic (exact) mass is 432 g/mol. The maximum atomic E-state index is 12.5. The Labute approximate surface area is 188 Å². The molecule has 0 aliphatic carbocycles. The van der Waals surface area contributed by atoms with E-state index in [1.165, 1.54) is 0 Å². The van der Waals surface area contributed by atoms with Crippen molar-refractivity contribution in [1.82, 2.24) is 19.8 Å². The van der Waals surface area contributed by atoms with Gasteiger partial charge in [-0.05, 0) is 42.0 Å². The van der Waals surface area contributed by atoms with Crippen molar-refractivity contribution in [3.8, 4) is 11.5 Å². The molecule has 0 saturated carbocycles. The third-order valence-corrected chi connectivity index (χ3v) is 5.46. The van der Waals surface area contributed by atoms with E-state index in [0.717, 1.165) is 49.5 Å². The van der Waals surface area contributed by atoms with Gasteiger partial charge >= 0.3 is 6.09 Å². The highest BCUT2D eigenvalue weighted by Gasteiger charge is 2.22. The maximum Gasteiger partial charge on any atom is 0.415 e. The molecule has 3 aromatic rings. The summed E-state index contributed by atoms with van der Waals surface area (Å²) in [5.41, 5.74) is 2.22. The minimum atomic E-state index is -0.290. The molecule has 7 heteroatoms. The molecule has 166 valence electrons. The summed E-state index contributed by atoms with van der Waals surface area (Å²) in [4.78, 5) is 25.0. The predicted molar refractivity (Wildman–Crippen MR) is 122 cm³/mol. The summed E-state index contributed by atoms with van der Waals surface area (Å²) in [6.45, 7) is 4.55. The Hall–Kier alpha value is -3.45. The van der Waals surface area contributed by atoms with Crippen molar-refractivity contribution in [2.75, 3.05) is 39.3 Å². The number of carbonyl (C=O) groups is 1. The number of rotatable bonds is 8. The summed E-state index contributed by atoms with van der Waals surface area (Å²) in [6, 6.07) is 17.3. The number of hydrogen-bond donors (Lipinski definition) is 0. The molecule has 1 amide bonds. The summed E-state index contributed by atoms with van der Waals surface area (Å²) in [5, 5.41) is 0. The van der Waals surface area contributed by atoms with Crippen LogP contribution in [0.1, 0.15) is 11.3 Å². The number of piperazine rings is 1. The van der Waals surface area contributed by atoms with Crippen LogP contribution in [0.3, 0.4) is 0 Å². The smallest absolute Gasteiger partial charge is 0.415 e.